The molecule has 0 fully saturated rings. The molecule has 0 atom stereocenters. The third-order valence-electron chi connectivity index (χ3n) is 2.65. The Bertz CT molecular complexity index is 541. The molecule has 4 nitrogen and oxygen atoms in total. The molecule has 0 spiro atoms. The van der Waals surface area contributed by atoms with Gasteiger partial charge in [0.1, 0.15) is 0 Å². The minimum absolute atomic E-state index is 0.280. The Kier molecular flexibility index (Phi) is 3.28. The fraction of sp³-hybridized carbons (Fsp3) is 0.333. The molecule has 0 unspecified atom stereocenters. The molecule has 5 heteroatoms. The van der Waals surface area contributed by atoms with E-state index in [0.717, 1.165) is 11.6 Å². The molecular weight excluding hydrogens is 232 g/mol. The molecule has 0 bridgehead atoms. The molecule has 0 aliphatic carbocycles. The Morgan fingerprint density at radius 2 is 1.94 bits per heavy atom. The van der Waals surface area contributed by atoms with Gasteiger partial charge in [-0.05, 0) is 38.2 Å². The molecule has 0 amide bonds. The second-order valence-corrected chi connectivity index (χ2v) is 4.57. The zero-order valence-corrected chi connectivity index (χ0v) is 11.0. The Hall–Kier alpha value is -1.62. The number of aromatic amines is 1. The highest BCUT2D eigenvalue weighted by Crippen LogP contribution is 2.23. The number of rotatable bonds is 3. The Labute approximate surface area is 106 Å². The van der Waals surface area contributed by atoms with E-state index in [1.165, 1.54) is 0 Å². The molecule has 1 N–H and O–H groups in total. The predicted octanol–water partition coefficient (Wildman–Crippen LogP) is 3.29. The standard InChI is InChI=1S/C12H16N4S/c1-9(2)16-11(13-14-12(16)17)15(3)10-7-5-4-6-8-10/h4-9H,1-3H3,(H,14,17). The number of hydrogen-bond donors (Lipinski definition) is 1. The summed E-state index contributed by atoms with van der Waals surface area (Å²) in [6.45, 7) is 4.18. The molecule has 2 aromatic rings. The summed E-state index contributed by atoms with van der Waals surface area (Å²) in [7, 11) is 1.99. The minimum atomic E-state index is 0.280. The number of H-pyrrole nitrogens is 1. The zero-order valence-electron chi connectivity index (χ0n) is 10.2. The molecule has 17 heavy (non-hydrogen) atoms. The number of anilines is 2. The van der Waals surface area contributed by atoms with Crippen LogP contribution in [0.25, 0.3) is 0 Å². The van der Waals surface area contributed by atoms with Crippen LogP contribution in [0.4, 0.5) is 11.6 Å². The van der Waals surface area contributed by atoms with Gasteiger partial charge in [0.2, 0.25) is 5.95 Å². The lowest BCUT2D eigenvalue weighted by molar-refractivity contribution is 0.591. The average molecular weight is 248 g/mol. The van der Waals surface area contributed by atoms with Crippen LogP contribution < -0.4 is 4.90 Å². The summed E-state index contributed by atoms with van der Waals surface area (Å²) in [6, 6.07) is 10.4. The normalized spacial score (nSPS) is 10.8. The summed E-state index contributed by atoms with van der Waals surface area (Å²) < 4.78 is 2.65. The van der Waals surface area contributed by atoms with Crippen LogP contribution >= 0.6 is 12.2 Å². The van der Waals surface area contributed by atoms with Crippen LogP contribution in [0.1, 0.15) is 19.9 Å². The maximum absolute atomic E-state index is 5.24. The molecule has 1 heterocycles. The number of nitrogens with one attached hydrogen (secondary N) is 1. The first-order valence-electron chi connectivity index (χ1n) is 5.57. The lowest BCUT2D eigenvalue weighted by Crippen LogP contribution is -2.16. The summed E-state index contributed by atoms with van der Waals surface area (Å²) in [5, 5.41) is 7.13. The van der Waals surface area contributed by atoms with Crippen LogP contribution in [-0.4, -0.2) is 21.8 Å². The predicted molar refractivity (Wildman–Crippen MR) is 72.3 cm³/mol. The highest BCUT2D eigenvalue weighted by Gasteiger charge is 2.14. The van der Waals surface area contributed by atoms with Crippen molar-refractivity contribution in [2.24, 2.45) is 0 Å². The van der Waals surface area contributed by atoms with Gasteiger partial charge in [0.05, 0.1) is 0 Å². The van der Waals surface area contributed by atoms with Gasteiger partial charge in [-0.25, -0.2) is 5.10 Å². The topological polar surface area (TPSA) is 36.9 Å². The molecular formula is C12H16N4S. The van der Waals surface area contributed by atoms with Crippen LogP contribution in [0.15, 0.2) is 30.3 Å². The lowest BCUT2D eigenvalue weighted by Gasteiger charge is -2.20. The Morgan fingerprint density at radius 1 is 1.29 bits per heavy atom. The first-order valence-corrected chi connectivity index (χ1v) is 5.97. The molecule has 0 radical (unpaired) electrons. The van der Waals surface area contributed by atoms with Gasteiger partial charge in [0.15, 0.2) is 4.77 Å². The lowest BCUT2D eigenvalue weighted by atomic mass is 10.3. The third kappa shape index (κ3) is 2.24. The molecule has 1 aromatic heterocycles. The third-order valence-corrected chi connectivity index (χ3v) is 2.93. The number of para-hydroxylation sites is 1. The second-order valence-electron chi connectivity index (χ2n) is 4.19. The maximum Gasteiger partial charge on any atom is 0.230 e. The molecule has 1 aromatic carbocycles. The highest BCUT2D eigenvalue weighted by molar-refractivity contribution is 7.71. The fourth-order valence-corrected chi connectivity index (χ4v) is 2.10. The molecule has 0 saturated carbocycles. The summed E-state index contributed by atoms with van der Waals surface area (Å²) in [6.07, 6.45) is 0. The summed E-state index contributed by atoms with van der Waals surface area (Å²) in [5.74, 6) is 0.830. The number of nitrogens with zero attached hydrogens (tertiary/aromatic N) is 3. The van der Waals surface area contributed by atoms with Crippen molar-refractivity contribution in [1.29, 1.82) is 0 Å². The van der Waals surface area contributed by atoms with Crippen molar-refractivity contribution >= 4 is 23.9 Å². The molecule has 0 aliphatic heterocycles. The average Bonchev–Trinajstić information content (AvgIpc) is 2.71. The zero-order chi connectivity index (χ0) is 12.4. The highest BCUT2D eigenvalue weighted by atomic mass is 32.1. The molecule has 90 valence electrons. The second kappa shape index (κ2) is 4.71. The van der Waals surface area contributed by atoms with Crippen LogP contribution in [0, 0.1) is 4.77 Å². The van der Waals surface area contributed by atoms with Gasteiger partial charge < -0.3 is 4.90 Å². The van der Waals surface area contributed by atoms with E-state index >= 15 is 0 Å². The van der Waals surface area contributed by atoms with Crippen molar-refractivity contribution in [3.05, 3.63) is 35.1 Å². The van der Waals surface area contributed by atoms with Crippen molar-refractivity contribution in [1.82, 2.24) is 14.8 Å². The Balaban J connectivity index is 2.45. The number of benzene rings is 1. The van der Waals surface area contributed by atoms with E-state index in [1.54, 1.807) is 0 Å². The van der Waals surface area contributed by atoms with Crippen LogP contribution in [-0.2, 0) is 0 Å². The molecule has 0 saturated heterocycles. The van der Waals surface area contributed by atoms with Crippen LogP contribution in [0.2, 0.25) is 0 Å². The van der Waals surface area contributed by atoms with E-state index in [1.807, 2.05) is 46.8 Å². The largest absolute Gasteiger partial charge is 0.314 e. The van der Waals surface area contributed by atoms with E-state index in [0.29, 0.717) is 4.77 Å². The summed E-state index contributed by atoms with van der Waals surface area (Å²) >= 11 is 5.24. The number of aromatic nitrogens is 3. The van der Waals surface area contributed by atoms with Crippen LogP contribution in [0.5, 0.6) is 0 Å². The van der Waals surface area contributed by atoms with E-state index in [9.17, 15) is 0 Å². The maximum atomic E-state index is 5.24. The molecule has 2 rings (SSSR count). The summed E-state index contributed by atoms with van der Waals surface area (Å²) in [5.41, 5.74) is 1.09. The monoisotopic (exact) mass is 248 g/mol. The smallest absolute Gasteiger partial charge is 0.230 e. The van der Waals surface area contributed by atoms with Gasteiger partial charge in [0, 0.05) is 18.8 Å². The SMILES string of the molecule is CC(C)n1c(N(C)c2ccccc2)n[nH]c1=S. The molecule has 0 aliphatic rings. The van der Waals surface area contributed by atoms with E-state index in [2.05, 4.69) is 24.0 Å². The van der Waals surface area contributed by atoms with Crippen molar-refractivity contribution in [3.63, 3.8) is 0 Å². The van der Waals surface area contributed by atoms with Crippen molar-refractivity contribution in [2.75, 3.05) is 11.9 Å². The van der Waals surface area contributed by atoms with Crippen LogP contribution in [0.3, 0.4) is 0 Å². The Morgan fingerprint density at radius 3 is 2.53 bits per heavy atom. The summed E-state index contributed by atoms with van der Waals surface area (Å²) in [4.78, 5) is 2.02. The first kappa shape index (κ1) is 11.9. The van der Waals surface area contributed by atoms with Crippen molar-refractivity contribution < 1.29 is 0 Å². The minimum Gasteiger partial charge on any atom is -0.314 e. The fourth-order valence-electron chi connectivity index (χ4n) is 1.77. The first-order chi connectivity index (χ1) is 8.11. The van der Waals surface area contributed by atoms with E-state index in [-0.39, 0.29) is 6.04 Å². The number of hydrogen-bond acceptors (Lipinski definition) is 3. The van der Waals surface area contributed by atoms with Gasteiger partial charge >= 0.3 is 0 Å². The van der Waals surface area contributed by atoms with Gasteiger partial charge in [0.25, 0.3) is 0 Å². The van der Waals surface area contributed by atoms with Gasteiger partial charge in [-0.2, -0.15) is 0 Å². The van der Waals surface area contributed by atoms with E-state index in [4.69, 9.17) is 12.2 Å². The quantitative estimate of drug-likeness (QED) is 0.847. The van der Waals surface area contributed by atoms with Gasteiger partial charge in [-0.1, -0.05) is 18.2 Å². The van der Waals surface area contributed by atoms with Gasteiger partial charge in [-0.3, -0.25) is 4.57 Å². The van der Waals surface area contributed by atoms with E-state index < -0.39 is 0 Å². The van der Waals surface area contributed by atoms with Crippen molar-refractivity contribution in [3.8, 4) is 0 Å². The van der Waals surface area contributed by atoms with Gasteiger partial charge in [-0.15, -0.1) is 5.10 Å². The van der Waals surface area contributed by atoms with Crippen molar-refractivity contribution in [2.45, 2.75) is 19.9 Å².